The van der Waals surface area contributed by atoms with E-state index in [1.165, 1.54) is 12.8 Å². The van der Waals surface area contributed by atoms with Crippen LogP contribution in [0, 0.1) is 5.92 Å². The molecule has 0 aromatic rings. The highest BCUT2D eigenvalue weighted by atomic mass is 16.3. The Morgan fingerprint density at radius 2 is 1.88 bits per heavy atom. The van der Waals surface area contributed by atoms with Crippen molar-refractivity contribution >= 4 is 11.8 Å². The van der Waals surface area contributed by atoms with Gasteiger partial charge in [0, 0.05) is 6.54 Å². The number of nitrogens with one attached hydrogen (secondary N) is 2. The second-order valence-electron chi connectivity index (χ2n) is 5.15. The topological polar surface area (TPSA) is 78.4 Å². The zero-order valence-corrected chi connectivity index (χ0v) is 10.00. The maximum absolute atomic E-state index is 12.1. The quantitative estimate of drug-likeness (QED) is 0.629. The van der Waals surface area contributed by atoms with E-state index in [0.29, 0.717) is 18.8 Å². The third-order valence-corrected chi connectivity index (χ3v) is 3.66. The Morgan fingerprint density at radius 1 is 1.24 bits per heavy atom. The lowest BCUT2D eigenvalue weighted by atomic mass is 9.96. The van der Waals surface area contributed by atoms with Crippen LogP contribution in [0.25, 0.3) is 0 Å². The van der Waals surface area contributed by atoms with Gasteiger partial charge in [0.15, 0.2) is 0 Å². The Morgan fingerprint density at radius 3 is 2.41 bits per heavy atom. The van der Waals surface area contributed by atoms with E-state index >= 15 is 0 Å². The van der Waals surface area contributed by atoms with Crippen LogP contribution in [-0.2, 0) is 9.59 Å². The van der Waals surface area contributed by atoms with Gasteiger partial charge in [-0.25, -0.2) is 0 Å². The molecule has 2 aliphatic carbocycles. The minimum atomic E-state index is -0.769. The second kappa shape index (κ2) is 5.04. The molecule has 0 aliphatic heterocycles. The van der Waals surface area contributed by atoms with Crippen LogP contribution >= 0.6 is 0 Å². The van der Waals surface area contributed by atoms with Crippen LogP contribution in [0.1, 0.15) is 38.5 Å². The summed E-state index contributed by atoms with van der Waals surface area (Å²) in [7, 11) is 0. The van der Waals surface area contributed by atoms with Gasteiger partial charge in [-0.15, -0.1) is 0 Å². The molecule has 2 fully saturated rings. The van der Waals surface area contributed by atoms with E-state index in [2.05, 4.69) is 10.6 Å². The van der Waals surface area contributed by atoms with E-state index in [4.69, 9.17) is 5.11 Å². The maximum Gasteiger partial charge on any atom is 0.246 e. The van der Waals surface area contributed by atoms with Crippen LogP contribution < -0.4 is 10.6 Å². The van der Waals surface area contributed by atoms with Gasteiger partial charge in [0.2, 0.25) is 11.8 Å². The van der Waals surface area contributed by atoms with Crippen LogP contribution in [0.15, 0.2) is 0 Å². The summed E-state index contributed by atoms with van der Waals surface area (Å²) in [4.78, 5) is 23.4. The van der Waals surface area contributed by atoms with Gasteiger partial charge in [0.25, 0.3) is 0 Å². The average Bonchev–Trinajstić information content (AvgIpc) is 3.05. The number of hydrogen-bond acceptors (Lipinski definition) is 3. The molecular weight excluding hydrogens is 220 g/mol. The fourth-order valence-electron chi connectivity index (χ4n) is 2.42. The Hall–Kier alpha value is -1.10. The Labute approximate surface area is 101 Å². The number of carbonyl (C=O) groups excluding carboxylic acids is 2. The smallest absolute Gasteiger partial charge is 0.246 e. The lowest BCUT2D eigenvalue weighted by molar-refractivity contribution is -0.134. The number of aliphatic hydroxyl groups excluding tert-OH is 1. The highest BCUT2D eigenvalue weighted by molar-refractivity contribution is 5.92. The van der Waals surface area contributed by atoms with Crippen molar-refractivity contribution in [2.24, 2.45) is 5.92 Å². The number of hydrogen-bond donors (Lipinski definition) is 3. The van der Waals surface area contributed by atoms with Crippen molar-refractivity contribution in [1.82, 2.24) is 10.6 Å². The summed E-state index contributed by atoms with van der Waals surface area (Å²) in [5, 5.41) is 14.4. The first-order valence-electron chi connectivity index (χ1n) is 6.36. The van der Waals surface area contributed by atoms with Crippen molar-refractivity contribution in [2.45, 2.75) is 44.1 Å². The highest BCUT2D eigenvalue weighted by Crippen LogP contribution is 2.31. The molecule has 0 radical (unpaired) electrons. The van der Waals surface area contributed by atoms with E-state index in [1.807, 2.05) is 0 Å². The summed E-state index contributed by atoms with van der Waals surface area (Å²) in [5.41, 5.74) is -0.769. The predicted octanol–water partition coefficient (Wildman–Crippen LogP) is -0.0661. The summed E-state index contributed by atoms with van der Waals surface area (Å²) in [6.07, 6.45) is 5.63. The van der Waals surface area contributed by atoms with Crippen molar-refractivity contribution in [3.63, 3.8) is 0 Å². The predicted molar refractivity (Wildman–Crippen MR) is 62.2 cm³/mol. The summed E-state index contributed by atoms with van der Waals surface area (Å²) in [5.74, 6) is 0.0862. The number of amides is 2. The fraction of sp³-hybridized carbons (Fsp3) is 0.833. The van der Waals surface area contributed by atoms with Crippen LogP contribution in [0.2, 0.25) is 0 Å². The molecule has 0 atom stereocenters. The van der Waals surface area contributed by atoms with Crippen molar-refractivity contribution < 1.29 is 14.7 Å². The van der Waals surface area contributed by atoms with Crippen molar-refractivity contribution in [2.75, 3.05) is 13.2 Å². The molecule has 0 saturated heterocycles. The molecule has 0 heterocycles. The van der Waals surface area contributed by atoms with E-state index in [-0.39, 0.29) is 5.91 Å². The Balaban J connectivity index is 1.93. The number of carbonyl (C=O) groups is 2. The fourth-order valence-corrected chi connectivity index (χ4v) is 2.42. The molecular formula is C12H20N2O3. The molecule has 0 unspecified atom stereocenters. The summed E-state index contributed by atoms with van der Waals surface area (Å²) in [6, 6.07) is 0. The Bertz CT molecular complexity index is 307. The zero-order valence-electron chi connectivity index (χ0n) is 10.00. The molecule has 3 N–H and O–H groups in total. The SMILES string of the molecule is O=C(CO)NC1(C(=O)NCC2CC2)CCCC1. The lowest BCUT2D eigenvalue weighted by Crippen LogP contribution is -2.58. The summed E-state index contributed by atoms with van der Waals surface area (Å²) in [6.45, 7) is 0.160. The van der Waals surface area contributed by atoms with Crippen LogP contribution in [0.4, 0.5) is 0 Å². The van der Waals surface area contributed by atoms with Crippen LogP contribution in [0.5, 0.6) is 0 Å². The van der Waals surface area contributed by atoms with Crippen molar-refractivity contribution in [1.29, 1.82) is 0 Å². The third kappa shape index (κ3) is 2.97. The molecule has 2 saturated carbocycles. The molecule has 2 amide bonds. The zero-order chi connectivity index (χ0) is 12.3. The first-order chi connectivity index (χ1) is 8.16. The van der Waals surface area contributed by atoms with Gasteiger partial charge in [0.1, 0.15) is 12.1 Å². The second-order valence-corrected chi connectivity index (χ2v) is 5.15. The minimum Gasteiger partial charge on any atom is -0.387 e. The molecule has 2 aliphatic rings. The highest BCUT2D eigenvalue weighted by Gasteiger charge is 2.42. The minimum absolute atomic E-state index is 0.0799. The average molecular weight is 240 g/mol. The molecule has 0 aromatic carbocycles. The summed E-state index contributed by atoms with van der Waals surface area (Å²) >= 11 is 0. The van der Waals surface area contributed by atoms with E-state index in [0.717, 1.165) is 19.4 Å². The van der Waals surface area contributed by atoms with Gasteiger partial charge in [0.05, 0.1) is 0 Å². The molecule has 96 valence electrons. The van der Waals surface area contributed by atoms with Gasteiger partial charge in [-0.1, -0.05) is 12.8 Å². The maximum atomic E-state index is 12.1. The van der Waals surface area contributed by atoms with Gasteiger partial charge in [-0.05, 0) is 31.6 Å². The van der Waals surface area contributed by atoms with Gasteiger partial charge in [-0.3, -0.25) is 9.59 Å². The summed E-state index contributed by atoms with van der Waals surface area (Å²) < 4.78 is 0. The van der Waals surface area contributed by atoms with Crippen molar-refractivity contribution in [3.05, 3.63) is 0 Å². The Kier molecular flexibility index (Phi) is 3.66. The number of aliphatic hydroxyl groups is 1. The molecule has 5 nitrogen and oxygen atoms in total. The molecule has 0 spiro atoms. The molecule has 5 heteroatoms. The van der Waals surface area contributed by atoms with E-state index in [1.54, 1.807) is 0 Å². The largest absolute Gasteiger partial charge is 0.387 e. The van der Waals surface area contributed by atoms with Crippen LogP contribution in [-0.4, -0.2) is 35.6 Å². The van der Waals surface area contributed by atoms with Gasteiger partial charge in [-0.2, -0.15) is 0 Å². The first-order valence-corrected chi connectivity index (χ1v) is 6.36. The van der Waals surface area contributed by atoms with Crippen LogP contribution in [0.3, 0.4) is 0 Å². The monoisotopic (exact) mass is 240 g/mol. The third-order valence-electron chi connectivity index (χ3n) is 3.66. The van der Waals surface area contributed by atoms with E-state index < -0.39 is 18.1 Å². The van der Waals surface area contributed by atoms with Crippen molar-refractivity contribution in [3.8, 4) is 0 Å². The molecule has 2 rings (SSSR count). The molecule has 17 heavy (non-hydrogen) atoms. The first kappa shape index (κ1) is 12.4. The standard InChI is InChI=1S/C12H20N2O3/c15-8-10(16)14-12(5-1-2-6-12)11(17)13-7-9-3-4-9/h9,15H,1-8H2,(H,13,17)(H,14,16). The molecule has 0 bridgehead atoms. The molecule has 0 aromatic heterocycles. The van der Waals surface area contributed by atoms with Gasteiger partial charge >= 0.3 is 0 Å². The number of rotatable bonds is 5. The normalized spacial score (nSPS) is 22.2. The lowest BCUT2D eigenvalue weighted by Gasteiger charge is -2.28. The van der Waals surface area contributed by atoms with Gasteiger partial charge < -0.3 is 15.7 Å². The van der Waals surface area contributed by atoms with E-state index in [9.17, 15) is 9.59 Å².